The lowest BCUT2D eigenvalue weighted by molar-refractivity contribution is -0.160. The van der Waals surface area contributed by atoms with Crippen LogP contribution >= 0.6 is 11.6 Å². The van der Waals surface area contributed by atoms with Gasteiger partial charge in [-0.05, 0) is 83.9 Å². The number of hydrogen-bond acceptors (Lipinski definition) is 17. The number of aromatic hydroxyl groups is 3. The standard InChI is InChI=1S/C63H77ClFN5O15/c1-29-12-11-13-30(2)60(79)66-47-50(68-23-17-37(18-24-68)67(9)63(20-21-63)36-16-22-69(27-36)49-41(65)26-39-48(46(49)64)70(38-14-15-38)28-40(54(39)75)61(80)81)56(77)43-44(55(47)76)53(74)34(6)58-45(43)59(78)62(8,85-58)83-25-19-42(82-10)31(3)57(84-35(7)71)33(5)52(73)32(4)51(29)72/h11-13,19,25-26,28-29,31-33,36-38,42,51-52,57,72-74,76-77H,14-18,20-24,27H2,1-10H3,(H,66,79)(H,80,81)/t29-,31+,32+,33+,36?,42-,51-,52+,57+,62-/m0/s1. The number of nitrogens with one attached hydrogen (secondary N) is 1. The van der Waals surface area contributed by atoms with E-state index in [2.05, 4.69) is 17.3 Å². The van der Waals surface area contributed by atoms with E-state index in [9.17, 15) is 54.6 Å². The fraction of sp³-hybridized carbons (Fsp3) is 0.540. The van der Waals surface area contributed by atoms with E-state index in [0.29, 0.717) is 44.5 Å². The maximum absolute atomic E-state index is 16.3. The van der Waals surface area contributed by atoms with Gasteiger partial charge in [0.2, 0.25) is 5.43 Å². The number of aliphatic hydroxyl groups is 2. The van der Waals surface area contributed by atoms with Gasteiger partial charge in [0, 0.05) is 111 Å². The first-order valence-corrected chi connectivity index (χ1v) is 29.7. The molecule has 1 aromatic heterocycles. The summed E-state index contributed by atoms with van der Waals surface area (Å²) in [7, 11) is 3.52. The molecule has 5 bridgehead atoms. The number of phenolic OH excluding ortho intramolecular Hbond substituents is 3. The Hall–Kier alpha value is -6.91. The third-order valence-electron chi connectivity index (χ3n) is 19.4. The number of pyridine rings is 1. The van der Waals surface area contributed by atoms with Crippen LogP contribution in [0.1, 0.15) is 126 Å². The molecule has 7 aliphatic rings. The van der Waals surface area contributed by atoms with E-state index in [1.54, 1.807) is 44.4 Å². The average molecular weight is 1200 g/mol. The second-order valence-corrected chi connectivity index (χ2v) is 25.0. The van der Waals surface area contributed by atoms with Crippen molar-refractivity contribution < 1.29 is 73.2 Å². The number of anilines is 3. The normalized spacial score (nSPS) is 28.5. The van der Waals surface area contributed by atoms with Crippen molar-refractivity contribution in [1.82, 2.24) is 9.47 Å². The lowest BCUT2D eigenvalue weighted by Crippen LogP contribution is -2.51. The summed E-state index contributed by atoms with van der Waals surface area (Å²) in [5.74, 6) is -10.6. The summed E-state index contributed by atoms with van der Waals surface area (Å²) >= 11 is 7.08. The van der Waals surface area contributed by atoms with Gasteiger partial charge in [-0.3, -0.25) is 24.1 Å². The summed E-state index contributed by atoms with van der Waals surface area (Å²) in [6.45, 7) is 14.1. The Morgan fingerprint density at radius 2 is 1.55 bits per heavy atom. The largest absolute Gasteiger partial charge is 0.507 e. The zero-order valence-corrected chi connectivity index (χ0v) is 50.3. The highest BCUT2D eigenvalue weighted by Crippen LogP contribution is 2.59. The van der Waals surface area contributed by atoms with Crippen LogP contribution in [0.5, 0.6) is 23.0 Å². The van der Waals surface area contributed by atoms with Gasteiger partial charge in [0.25, 0.3) is 11.7 Å². The topological polar surface area (TPSA) is 270 Å². The first-order chi connectivity index (χ1) is 40.2. The number of esters is 1. The number of nitrogens with zero attached hydrogens (tertiary/aromatic N) is 4. The number of amides is 1. The number of benzene rings is 3. The number of fused-ring (bicyclic) bond motifs is 15. The zero-order valence-electron chi connectivity index (χ0n) is 49.6. The smallest absolute Gasteiger partial charge is 0.341 e. The number of aromatic nitrogens is 1. The molecule has 2 saturated heterocycles. The minimum atomic E-state index is -2.10. The number of aromatic carboxylic acids is 1. The molecule has 20 nitrogen and oxygen atoms in total. The van der Waals surface area contributed by atoms with E-state index < -0.39 is 112 Å². The molecule has 85 heavy (non-hydrogen) atoms. The lowest BCUT2D eigenvalue weighted by Gasteiger charge is -2.44. The van der Waals surface area contributed by atoms with Crippen molar-refractivity contribution in [3.05, 3.63) is 86.2 Å². The molecular formula is C63H77ClFN5O15. The van der Waals surface area contributed by atoms with Crippen LogP contribution in [-0.2, 0) is 23.8 Å². The van der Waals surface area contributed by atoms with Gasteiger partial charge in [0.05, 0.1) is 57.1 Å². The van der Waals surface area contributed by atoms with Crippen molar-refractivity contribution in [2.24, 2.45) is 29.6 Å². The molecule has 1 amide bonds. The van der Waals surface area contributed by atoms with E-state index in [0.717, 1.165) is 38.2 Å². The Morgan fingerprint density at radius 1 is 0.882 bits per heavy atom. The first kappa shape index (κ1) is 61.2. The van der Waals surface area contributed by atoms with Gasteiger partial charge in [-0.25, -0.2) is 9.18 Å². The summed E-state index contributed by atoms with van der Waals surface area (Å²) in [5.41, 5.74) is -1.17. The number of methoxy groups -OCH3 is 1. The van der Waals surface area contributed by atoms with Crippen molar-refractivity contribution in [2.45, 2.75) is 148 Å². The highest BCUT2D eigenvalue weighted by Gasteiger charge is 2.56. The predicted molar refractivity (Wildman–Crippen MR) is 318 cm³/mol. The average Bonchev–Trinajstić information content (AvgIpc) is 1.71. The van der Waals surface area contributed by atoms with Gasteiger partial charge in [-0.2, -0.15) is 0 Å². The number of piperidine rings is 1. The summed E-state index contributed by atoms with van der Waals surface area (Å²) in [6.07, 6.45) is 9.91. The molecular weight excluding hydrogens is 1120 g/mol. The number of hydrogen-bond donors (Lipinski definition) is 7. The van der Waals surface area contributed by atoms with Crippen molar-refractivity contribution in [3.63, 3.8) is 0 Å². The summed E-state index contributed by atoms with van der Waals surface area (Å²) in [5, 5.41) is 72.6. The summed E-state index contributed by atoms with van der Waals surface area (Å²) in [4.78, 5) is 73.3. The molecule has 458 valence electrons. The molecule has 4 aromatic rings. The monoisotopic (exact) mass is 1200 g/mol. The van der Waals surface area contributed by atoms with Crippen LogP contribution in [0.3, 0.4) is 0 Å². The van der Waals surface area contributed by atoms with Crippen LogP contribution in [0.2, 0.25) is 5.02 Å². The van der Waals surface area contributed by atoms with Gasteiger partial charge in [0.15, 0.2) is 5.75 Å². The number of phenols is 3. The highest BCUT2D eigenvalue weighted by atomic mass is 35.5. The summed E-state index contributed by atoms with van der Waals surface area (Å²) < 4.78 is 42.1. The Balaban J connectivity index is 0.969. The quantitative estimate of drug-likeness (QED) is 0.0468. The van der Waals surface area contributed by atoms with Crippen molar-refractivity contribution in [3.8, 4) is 23.0 Å². The van der Waals surface area contributed by atoms with Crippen molar-refractivity contribution in [2.75, 3.05) is 55.5 Å². The number of carboxylic acids is 1. The van der Waals surface area contributed by atoms with E-state index in [4.69, 9.17) is 30.5 Å². The fourth-order valence-corrected chi connectivity index (χ4v) is 14.4. The van der Waals surface area contributed by atoms with Crippen LogP contribution < -0.4 is 25.3 Å². The van der Waals surface area contributed by atoms with Gasteiger partial charge < -0.3 is 69.3 Å². The van der Waals surface area contributed by atoms with Gasteiger partial charge in [-0.15, -0.1) is 0 Å². The third-order valence-corrected chi connectivity index (χ3v) is 19.7. The number of ether oxygens (including phenoxy) is 4. The fourth-order valence-electron chi connectivity index (χ4n) is 13.9. The van der Waals surface area contributed by atoms with Crippen LogP contribution in [0.4, 0.5) is 21.5 Å². The maximum atomic E-state index is 16.3. The van der Waals surface area contributed by atoms with Gasteiger partial charge >= 0.3 is 17.7 Å². The minimum absolute atomic E-state index is 0.00384. The molecule has 10 atom stereocenters. The van der Waals surface area contributed by atoms with Crippen molar-refractivity contribution in [1.29, 1.82) is 0 Å². The van der Waals surface area contributed by atoms with Crippen LogP contribution in [0, 0.1) is 42.3 Å². The SMILES string of the molecule is CO[C@H]1C=CO[C@@]2(C)Oc3c(C)c(O)c4c(O)c(c(N5CCC(N(C)C6(C7CCN(c8c(F)cc9c(=O)c(C(=O)O)cn(C%10CC%10)c9c8Cl)C7)CC6)CC5)c(O)c4c3C2=O)NC(=O)C(C)=CC=C[C@H](C)[C@H](O)[C@@H](C)[C@@H](O)[C@@H](C)[C@H](OC(C)=O)[C@@H]1C. The van der Waals surface area contributed by atoms with Crippen LogP contribution in [0.15, 0.2) is 53.2 Å². The predicted octanol–water partition coefficient (Wildman–Crippen LogP) is 8.85. The number of carboxylic acid groups (broad SMARTS) is 1. The molecule has 7 N–H and O–H groups in total. The van der Waals surface area contributed by atoms with Crippen LogP contribution in [0.25, 0.3) is 21.7 Å². The molecule has 3 aromatic carbocycles. The molecule has 4 fully saturated rings. The third kappa shape index (κ3) is 10.6. The van der Waals surface area contributed by atoms with Gasteiger partial charge in [-0.1, -0.05) is 57.5 Å². The number of carbonyl (C=O) groups is 4. The van der Waals surface area contributed by atoms with E-state index in [1.807, 2.05) is 9.80 Å². The second-order valence-electron chi connectivity index (χ2n) is 24.6. The molecule has 0 radical (unpaired) electrons. The Morgan fingerprint density at radius 3 is 2.18 bits per heavy atom. The Bertz CT molecular complexity index is 3550. The number of halogens is 2. The molecule has 1 unspecified atom stereocenters. The minimum Gasteiger partial charge on any atom is -0.507 e. The molecule has 0 spiro atoms. The lowest BCUT2D eigenvalue weighted by atomic mass is 9.78. The second kappa shape index (κ2) is 23.1. The Labute approximate surface area is 497 Å². The maximum Gasteiger partial charge on any atom is 0.341 e. The number of carbonyl (C=O) groups excluding carboxylic acids is 3. The molecule has 5 aliphatic heterocycles. The number of allylic oxidation sites excluding steroid dienone is 2. The highest BCUT2D eigenvalue weighted by molar-refractivity contribution is 6.38. The van der Waals surface area contributed by atoms with E-state index >= 15 is 4.39 Å². The molecule has 11 rings (SSSR count). The number of rotatable bonds is 9. The van der Waals surface area contributed by atoms with Crippen LogP contribution in [-0.4, -0.2) is 146 Å². The molecule has 22 heteroatoms. The van der Waals surface area contributed by atoms with E-state index in [1.165, 1.54) is 59.4 Å². The molecule has 2 aliphatic carbocycles. The summed E-state index contributed by atoms with van der Waals surface area (Å²) in [6, 6.07) is 1.07. The Kier molecular flexibility index (Phi) is 16.6. The first-order valence-electron chi connectivity index (χ1n) is 29.3. The van der Waals surface area contributed by atoms with E-state index in [-0.39, 0.29) is 84.2 Å². The van der Waals surface area contributed by atoms with Crippen molar-refractivity contribution >= 4 is 74.0 Å². The number of aliphatic hydroxyl groups excluding tert-OH is 2. The zero-order chi connectivity index (χ0) is 61.6. The number of ketones is 1. The molecule has 6 heterocycles. The number of Topliss-reactive ketones (excluding diaryl/α,β-unsaturated/α-hetero) is 1. The van der Waals surface area contributed by atoms with Gasteiger partial charge in [0.1, 0.15) is 46.1 Å². The molecule has 2 saturated carbocycles.